The molecule has 0 radical (unpaired) electrons. The molecule has 5 rings (SSSR count). The summed E-state index contributed by atoms with van der Waals surface area (Å²) in [5.74, 6) is -2.45. The third-order valence-corrected chi connectivity index (χ3v) is 9.47. The Bertz CT molecular complexity index is 1080. The molecule has 1 aromatic carbocycles. The molecule has 1 aliphatic heterocycles. The molecule has 2 saturated carbocycles. The molecule has 1 aromatic rings. The first-order valence-electron chi connectivity index (χ1n) is 12.8. The number of allylic oxidation sites excluding steroid dienone is 1. The van der Waals surface area contributed by atoms with Crippen LogP contribution in [-0.2, 0) is 19.0 Å². The van der Waals surface area contributed by atoms with Gasteiger partial charge in [-0.05, 0) is 43.9 Å². The zero-order valence-corrected chi connectivity index (χ0v) is 21.3. The fourth-order valence-corrected chi connectivity index (χ4v) is 7.54. The molecular formula is C28H36O8. The molecule has 0 unspecified atom stereocenters. The maximum atomic E-state index is 13.4. The maximum absolute atomic E-state index is 13.4. The van der Waals surface area contributed by atoms with E-state index in [4.69, 9.17) is 14.2 Å². The number of hydrogen-bond acceptors (Lipinski definition) is 8. The summed E-state index contributed by atoms with van der Waals surface area (Å²) in [6, 6.07) is 8.55. The Morgan fingerprint density at radius 3 is 2.47 bits per heavy atom. The van der Waals surface area contributed by atoms with Crippen LogP contribution in [0.1, 0.15) is 63.7 Å². The third-order valence-electron chi connectivity index (χ3n) is 9.47. The number of fused-ring (bicyclic) bond motifs is 5. The zero-order chi connectivity index (χ0) is 26.0. The Hall–Kier alpha value is -2.26. The molecule has 0 aromatic heterocycles. The number of hydrogen-bond donors (Lipinski definition) is 3. The van der Waals surface area contributed by atoms with Crippen LogP contribution < -0.4 is 0 Å². The van der Waals surface area contributed by atoms with Crippen molar-refractivity contribution < 1.29 is 39.1 Å². The van der Waals surface area contributed by atoms with Gasteiger partial charge >= 0.3 is 11.9 Å². The minimum atomic E-state index is -1.56. The molecule has 8 heteroatoms. The standard InChI is InChI=1S/C28H36O8/c1-15-10-11-27(33)16(2)22(15)19(30)13-26(4)20(31)12-21-28(14-34-21,36-17(3)29)23(26)24(27)35-25(32)18-8-6-5-7-9-18/h5-9,16,19-21,23-24,30-31,33H,10-14H2,1-4H3/t16-,19+,20+,21-,23+,24+,26-,27+,28+/m1/s1. The van der Waals surface area contributed by atoms with Gasteiger partial charge in [0.15, 0.2) is 5.60 Å². The van der Waals surface area contributed by atoms with E-state index in [1.54, 1.807) is 30.3 Å². The maximum Gasteiger partial charge on any atom is 0.338 e. The van der Waals surface area contributed by atoms with E-state index in [-0.39, 0.29) is 19.4 Å². The molecule has 3 N–H and O–H groups in total. The second kappa shape index (κ2) is 8.65. The summed E-state index contributed by atoms with van der Waals surface area (Å²) in [4.78, 5) is 25.8. The Balaban J connectivity index is 1.71. The van der Waals surface area contributed by atoms with Gasteiger partial charge in [-0.3, -0.25) is 4.79 Å². The average Bonchev–Trinajstić information content (AvgIpc) is 2.82. The van der Waals surface area contributed by atoms with Gasteiger partial charge in [-0.1, -0.05) is 37.6 Å². The van der Waals surface area contributed by atoms with Crippen LogP contribution in [0.4, 0.5) is 0 Å². The molecule has 196 valence electrons. The SMILES string of the molecule is CC(=O)O[C@@]12CO[C@@H]1C[C@H](O)[C@@]1(C)C[C@H](O)C3=C(C)CC[C@](O)([C@@H]3C)[C@@H](OC(=O)c3ccccc3)[C@@H]12. The second-order valence-corrected chi connectivity index (χ2v) is 11.4. The predicted molar refractivity (Wildman–Crippen MR) is 129 cm³/mol. The molecule has 1 heterocycles. The third kappa shape index (κ3) is 3.56. The number of rotatable bonds is 3. The molecule has 36 heavy (non-hydrogen) atoms. The Labute approximate surface area is 211 Å². The highest BCUT2D eigenvalue weighted by Gasteiger charge is 2.73. The lowest BCUT2D eigenvalue weighted by molar-refractivity contribution is -0.350. The smallest absolute Gasteiger partial charge is 0.338 e. The van der Waals surface area contributed by atoms with Gasteiger partial charge in [-0.25, -0.2) is 4.79 Å². The van der Waals surface area contributed by atoms with Crippen LogP contribution in [0.2, 0.25) is 0 Å². The molecule has 2 bridgehead atoms. The molecule has 3 aliphatic carbocycles. The van der Waals surface area contributed by atoms with E-state index in [2.05, 4.69) is 0 Å². The van der Waals surface area contributed by atoms with Gasteiger partial charge < -0.3 is 29.5 Å². The van der Waals surface area contributed by atoms with E-state index in [9.17, 15) is 24.9 Å². The molecule has 9 atom stereocenters. The Morgan fingerprint density at radius 1 is 1.17 bits per heavy atom. The van der Waals surface area contributed by atoms with E-state index in [1.807, 2.05) is 20.8 Å². The molecule has 4 aliphatic rings. The molecule has 0 spiro atoms. The van der Waals surface area contributed by atoms with E-state index in [0.717, 1.165) is 11.1 Å². The summed E-state index contributed by atoms with van der Waals surface area (Å²) in [5, 5.41) is 35.3. The highest BCUT2D eigenvalue weighted by Crippen LogP contribution is 2.62. The molecule has 3 fully saturated rings. The second-order valence-electron chi connectivity index (χ2n) is 11.4. The van der Waals surface area contributed by atoms with Crippen molar-refractivity contribution in [1.82, 2.24) is 0 Å². The van der Waals surface area contributed by atoms with Crippen LogP contribution in [0.15, 0.2) is 41.5 Å². The number of esters is 2. The fourth-order valence-electron chi connectivity index (χ4n) is 7.54. The lowest BCUT2D eigenvalue weighted by Crippen LogP contribution is -2.79. The van der Waals surface area contributed by atoms with Crippen LogP contribution in [0.5, 0.6) is 0 Å². The first kappa shape index (κ1) is 25.4. The van der Waals surface area contributed by atoms with Gasteiger partial charge in [-0.15, -0.1) is 0 Å². The summed E-state index contributed by atoms with van der Waals surface area (Å²) >= 11 is 0. The number of aliphatic hydroxyl groups excluding tert-OH is 2. The van der Waals surface area contributed by atoms with Crippen LogP contribution in [-0.4, -0.2) is 69.5 Å². The minimum Gasteiger partial charge on any atom is -0.455 e. The van der Waals surface area contributed by atoms with Crippen molar-refractivity contribution in [2.24, 2.45) is 17.3 Å². The van der Waals surface area contributed by atoms with Gasteiger partial charge in [0.1, 0.15) is 17.8 Å². The van der Waals surface area contributed by atoms with Crippen LogP contribution in [0, 0.1) is 17.3 Å². The van der Waals surface area contributed by atoms with E-state index >= 15 is 0 Å². The van der Waals surface area contributed by atoms with Crippen molar-refractivity contribution in [3.8, 4) is 0 Å². The van der Waals surface area contributed by atoms with Crippen LogP contribution >= 0.6 is 0 Å². The summed E-state index contributed by atoms with van der Waals surface area (Å²) < 4.78 is 18.0. The first-order valence-corrected chi connectivity index (χ1v) is 12.8. The summed E-state index contributed by atoms with van der Waals surface area (Å²) in [6.07, 6.45) is -2.38. The number of benzene rings is 1. The highest BCUT2D eigenvalue weighted by atomic mass is 16.6. The quantitative estimate of drug-likeness (QED) is 0.428. The lowest BCUT2D eigenvalue weighted by atomic mass is 9.47. The minimum absolute atomic E-state index is 0.0614. The van der Waals surface area contributed by atoms with Gasteiger partial charge in [0.05, 0.1) is 30.3 Å². The predicted octanol–water partition coefficient (Wildman–Crippen LogP) is 2.54. The van der Waals surface area contributed by atoms with Crippen LogP contribution in [0.25, 0.3) is 0 Å². The van der Waals surface area contributed by atoms with Gasteiger partial charge in [-0.2, -0.15) is 0 Å². The molecular weight excluding hydrogens is 464 g/mol. The van der Waals surface area contributed by atoms with E-state index in [1.165, 1.54) is 6.92 Å². The van der Waals surface area contributed by atoms with Crippen molar-refractivity contribution in [2.45, 2.75) is 89.0 Å². The molecule has 1 saturated heterocycles. The fraction of sp³-hybridized carbons (Fsp3) is 0.643. The van der Waals surface area contributed by atoms with E-state index in [0.29, 0.717) is 18.4 Å². The Morgan fingerprint density at radius 2 is 1.86 bits per heavy atom. The van der Waals surface area contributed by atoms with Crippen molar-refractivity contribution >= 4 is 11.9 Å². The summed E-state index contributed by atoms with van der Waals surface area (Å²) in [5.41, 5.74) is -1.75. The van der Waals surface area contributed by atoms with Gasteiger partial charge in [0.25, 0.3) is 0 Å². The normalized spacial score (nSPS) is 43.8. The highest BCUT2D eigenvalue weighted by molar-refractivity contribution is 5.89. The van der Waals surface area contributed by atoms with Gasteiger partial charge in [0.2, 0.25) is 0 Å². The Kier molecular flexibility index (Phi) is 6.10. The number of carbonyl (C=O) groups excluding carboxylic acids is 2. The van der Waals surface area contributed by atoms with E-state index < -0.39 is 64.8 Å². The summed E-state index contributed by atoms with van der Waals surface area (Å²) in [7, 11) is 0. The summed E-state index contributed by atoms with van der Waals surface area (Å²) in [6.45, 7) is 7.01. The number of aliphatic hydroxyl groups is 3. The van der Waals surface area contributed by atoms with Crippen molar-refractivity contribution in [3.05, 3.63) is 47.0 Å². The average molecular weight is 501 g/mol. The molecule has 0 amide bonds. The lowest BCUT2D eigenvalue weighted by Gasteiger charge is -2.66. The number of ether oxygens (including phenoxy) is 3. The van der Waals surface area contributed by atoms with Crippen LogP contribution in [0.3, 0.4) is 0 Å². The molecule has 8 nitrogen and oxygen atoms in total. The zero-order valence-electron chi connectivity index (χ0n) is 21.3. The van der Waals surface area contributed by atoms with Gasteiger partial charge in [0, 0.05) is 24.7 Å². The largest absolute Gasteiger partial charge is 0.455 e. The van der Waals surface area contributed by atoms with Crippen molar-refractivity contribution in [1.29, 1.82) is 0 Å². The topological polar surface area (TPSA) is 123 Å². The first-order chi connectivity index (χ1) is 16.9. The number of carbonyl (C=O) groups is 2. The van der Waals surface area contributed by atoms with Crippen molar-refractivity contribution in [2.75, 3.05) is 6.61 Å². The van der Waals surface area contributed by atoms with Crippen molar-refractivity contribution in [3.63, 3.8) is 0 Å². The monoisotopic (exact) mass is 500 g/mol.